The van der Waals surface area contributed by atoms with Gasteiger partial charge in [-0.1, -0.05) is 60.9 Å². The van der Waals surface area contributed by atoms with Gasteiger partial charge in [0.1, 0.15) is 0 Å². The number of hydrogen-bond acceptors (Lipinski definition) is 2. The van der Waals surface area contributed by atoms with E-state index >= 15 is 0 Å². The largest absolute Gasteiger partial charge is 0.365 e. The average Bonchev–Trinajstić information content (AvgIpc) is 2.44. The topological polar surface area (TPSA) is 29.5 Å². The molecule has 2 heteroatoms. The van der Waals surface area contributed by atoms with Gasteiger partial charge in [-0.15, -0.1) is 0 Å². The van der Waals surface area contributed by atoms with Gasteiger partial charge in [0.15, 0.2) is 6.29 Å². The van der Waals surface area contributed by atoms with E-state index in [0.29, 0.717) is 0 Å². The third-order valence-electron chi connectivity index (χ3n) is 4.59. The molecule has 0 aromatic heterocycles. The molecule has 0 amide bonds. The molecule has 1 unspecified atom stereocenters. The van der Waals surface area contributed by atoms with Crippen molar-refractivity contribution < 1.29 is 9.84 Å². The van der Waals surface area contributed by atoms with Crippen molar-refractivity contribution in [2.45, 2.75) is 80.1 Å². The summed E-state index contributed by atoms with van der Waals surface area (Å²) in [5.74, 6) is 0. The molecule has 0 aliphatic heterocycles. The zero-order valence-corrected chi connectivity index (χ0v) is 17.1. The van der Waals surface area contributed by atoms with E-state index in [4.69, 9.17) is 4.74 Å². The number of allylic oxidation sites excluding steroid dienone is 9. The Morgan fingerprint density at radius 3 is 2.44 bits per heavy atom. The van der Waals surface area contributed by atoms with Crippen LogP contribution < -0.4 is 0 Å². The van der Waals surface area contributed by atoms with Crippen molar-refractivity contribution in [2.75, 3.05) is 0 Å². The highest BCUT2D eigenvalue weighted by atomic mass is 16.6. The molecular formula is C23H36O2. The van der Waals surface area contributed by atoms with Gasteiger partial charge in [0.2, 0.25) is 0 Å². The molecule has 0 aromatic carbocycles. The Labute approximate surface area is 154 Å². The van der Waals surface area contributed by atoms with Crippen LogP contribution >= 0.6 is 0 Å². The van der Waals surface area contributed by atoms with E-state index in [1.165, 1.54) is 36.0 Å². The normalized spacial score (nSPS) is 21.0. The van der Waals surface area contributed by atoms with Crippen LogP contribution in [0, 0.1) is 5.41 Å². The van der Waals surface area contributed by atoms with Crippen LogP contribution in [0.4, 0.5) is 0 Å². The molecule has 0 saturated carbocycles. The van der Waals surface area contributed by atoms with Gasteiger partial charge in [0.05, 0.1) is 6.10 Å². The summed E-state index contributed by atoms with van der Waals surface area (Å²) in [5.41, 5.74) is 5.48. The van der Waals surface area contributed by atoms with Crippen LogP contribution in [0.2, 0.25) is 0 Å². The van der Waals surface area contributed by atoms with Crippen LogP contribution in [0.5, 0.6) is 0 Å². The minimum Gasteiger partial charge on any atom is -0.365 e. The van der Waals surface area contributed by atoms with Crippen LogP contribution in [-0.4, -0.2) is 17.5 Å². The summed E-state index contributed by atoms with van der Waals surface area (Å²) in [4.78, 5) is 0. The van der Waals surface area contributed by atoms with E-state index in [0.717, 1.165) is 5.57 Å². The minimum absolute atomic E-state index is 0.0112. The van der Waals surface area contributed by atoms with E-state index in [9.17, 15) is 5.11 Å². The number of aliphatic hydroxyl groups excluding tert-OH is 1. The van der Waals surface area contributed by atoms with Crippen molar-refractivity contribution >= 4 is 0 Å². The fourth-order valence-electron chi connectivity index (χ4n) is 3.23. The monoisotopic (exact) mass is 344 g/mol. The molecule has 0 aromatic rings. The zero-order chi connectivity index (χ0) is 19.0. The van der Waals surface area contributed by atoms with E-state index in [2.05, 4.69) is 45.9 Å². The molecule has 25 heavy (non-hydrogen) atoms. The second kappa shape index (κ2) is 9.94. The van der Waals surface area contributed by atoms with Gasteiger partial charge in [-0.25, -0.2) is 0 Å². The first-order valence-electron chi connectivity index (χ1n) is 9.37. The molecule has 1 aliphatic carbocycles. The fraction of sp³-hybridized carbons (Fsp3) is 0.565. The molecule has 1 atom stereocenters. The summed E-state index contributed by atoms with van der Waals surface area (Å²) in [6.07, 6.45) is 15.2. The van der Waals surface area contributed by atoms with E-state index in [1.54, 1.807) is 6.08 Å². The Morgan fingerprint density at radius 2 is 1.84 bits per heavy atom. The second-order valence-corrected chi connectivity index (χ2v) is 8.02. The maximum atomic E-state index is 9.74. The van der Waals surface area contributed by atoms with Crippen LogP contribution in [0.25, 0.3) is 0 Å². The highest BCUT2D eigenvalue weighted by Crippen LogP contribution is 2.40. The van der Waals surface area contributed by atoms with Crippen molar-refractivity contribution in [1.82, 2.24) is 0 Å². The lowest BCUT2D eigenvalue weighted by Gasteiger charge is -2.32. The predicted molar refractivity (Wildman–Crippen MR) is 108 cm³/mol. The number of rotatable bonds is 7. The first-order valence-corrected chi connectivity index (χ1v) is 9.37. The van der Waals surface area contributed by atoms with Gasteiger partial charge >= 0.3 is 0 Å². The molecule has 0 fully saturated rings. The zero-order valence-electron chi connectivity index (χ0n) is 17.1. The smallest absolute Gasteiger partial charge is 0.174 e. The van der Waals surface area contributed by atoms with Crippen molar-refractivity contribution in [3.05, 3.63) is 58.7 Å². The lowest BCUT2D eigenvalue weighted by Crippen LogP contribution is -2.19. The highest BCUT2D eigenvalue weighted by molar-refractivity contribution is 5.37. The molecule has 0 saturated heterocycles. The molecule has 0 bridgehead atoms. The van der Waals surface area contributed by atoms with Crippen molar-refractivity contribution in [2.24, 2.45) is 5.41 Å². The molecule has 140 valence electrons. The Hall–Kier alpha value is -1.38. The molecule has 2 nitrogen and oxygen atoms in total. The summed E-state index contributed by atoms with van der Waals surface area (Å²) >= 11 is 0. The average molecular weight is 345 g/mol. The van der Waals surface area contributed by atoms with Crippen LogP contribution in [0.1, 0.15) is 67.7 Å². The predicted octanol–water partition coefficient (Wildman–Crippen LogP) is 6.26. The molecule has 0 heterocycles. The van der Waals surface area contributed by atoms with E-state index in [1.807, 2.05) is 32.9 Å². The fourth-order valence-corrected chi connectivity index (χ4v) is 3.23. The van der Waals surface area contributed by atoms with Crippen LogP contribution in [-0.2, 0) is 4.74 Å². The molecule has 1 rings (SSSR count). The first kappa shape index (κ1) is 21.7. The quantitative estimate of drug-likeness (QED) is 0.436. The number of ether oxygens (including phenoxy) is 1. The molecule has 1 aliphatic rings. The van der Waals surface area contributed by atoms with Crippen molar-refractivity contribution in [3.8, 4) is 0 Å². The van der Waals surface area contributed by atoms with Gasteiger partial charge in [-0.3, -0.25) is 0 Å². The Balaban J connectivity index is 2.71. The van der Waals surface area contributed by atoms with Crippen molar-refractivity contribution in [3.63, 3.8) is 0 Å². The van der Waals surface area contributed by atoms with Gasteiger partial charge in [0, 0.05) is 0 Å². The molecular weight excluding hydrogens is 308 g/mol. The molecule has 1 N–H and O–H groups in total. The Bertz CT molecular complexity index is 583. The summed E-state index contributed by atoms with van der Waals surface area (Å²) in [6, 6.07) is 0. The van der Waals surface area contributed by atoms with Crippen molar-refractivity contribution in [1.29, 1.82) is 0 Å². The van der Waals surface area contributed by atoms with E-state index in [-0.39, 0.29) is 11.5 Å². The summed E-state index contributed by atoms with van der Waals surface area (Å²) in [5, 5.41) is 9.74. The van der Waals surface area contributed by atoms with Crippen LogP contribution in [0.3, 0.4) is 0 Å². The maximum absolute atomic E-state index is 9.74. The van der Waals surface area contributed by atoms with Gasteiger partial charge in [0.25, 0.3) is 0 Å². The van der Waals surface area contributed by atoms with Gasteiger partial charge in [-0.05, 0) is 70.9 Å². The van der Waals surface area contributed by atoms with Crippen LogP contribution in [0.15, 0.2) is 58.7 Å². The second-order valence-electron chi connectivity index (χ2n) is 8.02. The Kier molecular flexibility index (Phi) is 8.61. The Morgan fingerprint density at radius 1 is 1.16 bits per heavy atom. The first-order chi connectivity index (χ1) is 11.6. The summed E-state index contributed by atoms with van der Waals surface area (Å²) in [7, 11) is 0. The minimum atomic E-state index is -0.849. The third kappa shape index (κ3) is 8.02. The lowest BCUT2D eigenvalue weighted by atomic mass is 9.72. The number of aliphatic hydroxyl groups is 1. The molecule has 0 radical (unpaired) electrons. The summed E-state index contributed by atoms with van der Waals surface area (Å²) < 4.78 is 5.30. The molecule has 0 spiro atoms. The standard InChI is InChI=1S/C23H36O2/c1-17(2)25-22(24)16-19(4)11-8-10-18(3)13-14-21-20(5)12-9-15-23(21,6)7/h8,10-11,13-14,16-17,22,24H,9,12,15H2,1-7H3. The van der Waals surface area contributed by atoms with Gasteiger partial charge < -0.3 is 9.84 Å². The number of hydrogen-bond donors (Lipinski definition) is 1. The van der Waals surface area contributed by atoms with Gasteiger partial charge in [-0.2, -0.15) is 0 Å². The van der Waals surface area contributed by atoms with E-state index < -0.39 is 6.29 Å². The maximum Gasteiger partial charge on any atom is 0.174 e. The third-order valence-corrected chi connectivity index (χ3v) is 4.59. The SMILES string of the molecule is CC(C=CC1=C(C)CCCC1(C)C)=CC=CC(C)=CC(O)OC(C)C. The highest BCUT2D eigenvalue weighted by Gasteiger charge is 2.26. The summed E-state index contributed by atoms with van der Waals surface area (Å²) in [6.45, 7) is 14.8. The lowest BCUT2D eigenvalue weighted by molar-refractivity contribution is -0.0928.